The fourth-order valence-corrected chi connectivity index (χ4v) is 4.86. The number of nitrogens with zero attached hydrogens (tertiary/aromatic N) is 6. The lowest BCUT2D eigenvalue weighted by atomic mass is 9.93. The Morgan fingerprint density at radius 2 is 2.09 bits per heavy atom. The zero-order valence-corrected chi connectivity index (χ0v) is 18.4. The van der Waals surface area contributed by atoms with Gasteiger partial charge in [-0.15, -0.1) is 32.9 Å². The Hall–Kier alpha value is -3.51. The number of hydrogen-bond donors (Lipinski definition) is 1. The molecule has 1 aliphatic rings. The van der Waals surface area contributed by atoms with Crippen molar-refractivity contribution in [2.24, 2.45) is 5.92 Å². The summed E-state index contributed by atoms with van der Waals surface area (Å²) in [7, 11) is 0. The number of pyridine rings is 2. The molecule has 10 nitrogen and oxygen atoms in total. The molecule has 1 saturated heterocycles. The van der Waals surface area contributed by atoms with Crippen molar-refractivity contribution in [2.75, 3.05) is 18.0 Å². The average molecular weight is 469 g/mol. The lowest BCUT2D eigenvalue weighted by Crippen LogP contribution is -2.51. The molecule has 5 heterocycles. The maximum atomic E-state index is 12.9. The van der Waals surface area contributed by atoms with E-state index in [0.717, 1.165) is 0 Å². The molecule has 32 heavy (non-hydrogen) atoms. The first kappa shape index (κ1) is 20.4. The van der Waals surface area contributed by atoms with Gasteiger partial charge in [-0.3, -0.25) is 14.2 Å². The molecule has 0 unspecified atom stereocenters. The number of thiazole rings is 1. The van der Waals surface area contributed by atoms with E-state index in [4.69, 9.17) is 0 Å². The number of anilines is 1. The zero-order chi connectivity index (χ0) is 22.4. The number of carbonyl (C=O) groups is 2. The van der Waals surface area contributed by atoms with E-state index in [0.29, 0.717) is 40.3 Å². The minimum absolute atomic E-state index is 0.112. The summed E-state index contributed by atoms with van der Waals surface area (Å²) in [6.45, 7) is 2.79. The van der Waals surface area contributed by atoms with Crippen molar-refractivity contribution >= 4 is 51.3 Å². The molecular weight excluding hydrogens is 452 g/mol. The van der Waals surface area contributed by atoms with Crippen LogP contribution in [0.5, 0.6) is 0 Å². The van der Waals surface area contributed by atoms with E-state index in [9.17, 15) is 19.5 Å². The van der Waals surface area contributed by atoms with Crippen LogP contribution >= 0.6 is 22.7 Å². The first-order chi connectivity index (χ1) is 15.4. The molecule has 0 spiro atoms. The normalized spacial score (nSPS) is 14.0. The Bertz CT molecular complexity index is 1390. The van der Waals surface area contributed by atoms with Gasteiger partial charge in [0.25, 0.3) is 0 Å². The summed E-state index contributed by atoms with van der Waals surface area (Å²) in [5, 5.41) is 20.4. The molecule has 0 saturated carbocycles. The van der Waals surface area contributed by atoms with Gasteiger partial charge in [0.1, 0.15) is 27.7 Å². The highest BCUT2D eigenvalue weighted by molar-refractivity contribution is 7.12. The average Bonchev–Trinajstić information content (AvgIpc) is 3.40. The highest BCUT2D eigenvalue weighted by Gasteiger charge is 2.34. The molecule has 12 heteroatoms. The molecule has 1 aliphatic heterocycles. The Labute approximate surface area is 188 Å². The van der Waals surface area contributed by atoms with Crippen LogP contribution in [0.15, 0.2) is 34.1 Å². The molecule has 0 atom stereocenters. The van der Waals surface area contributed by atoms with Crippen molar-refractivity contribution in [1.29, 1.82) is 0 Å². The number of carboxylic acids is 1. The van der Waals surface area contributed by atoms with Crippen LogP contribution in [0.1, 0.15) is 20.9 Å². The summed E-state index contributed by atoms with van der Waals surface area (Å²) >= 11 is 2.67. The van der Waals surface area contributed by atoms with Gasteiger partial charge < -0.3 is 10.0 Å². The summed E-state index contributed by atoms with van der Waals surface area (Å²) < 4.78 is 1.54. The maximum absolute atomic E-state index is 12.9. The number of Topliss-reactive ketones (excluding diaryl/α,β-unsaturated/α-hetero) is 1. The Morgan fingerprint density at radius 1 is 1.28 bits per heavy atom. The third-order valence-electron chi connectivity index (χ3n) is 5.39. The minimum Gasteiger partial charge on any atom is -0.477 e. The molecule has 0 aromatic carbocycles. The molecule has 1 fully saturated rings. The summed E-state index contributed by atoms with van der Waals surface area (Å²) in [4.78, 5) is 47.9. The summed E-state index contributed by atoms with van der Waals surface area (Å²) in [6.07, 6.45) is 3.14. The standard InChI is InChI=1S/C20H16N6O4S2/c1-10-4-14(25-6-11(7-25)13(27)5-15-24-22-9-32-15)23-18-16(10)17(28)12(19(29)30)8-26(18)20-21-2-3-31-20/h2-4,8-9,11H,5-7H2,1H3,(H,29,30). The van der Waals surface area contributed by atoms with Gasteiger partial charge in [-0.2, -0.15) is 0 Å². The van der Waals surface area contributed by atoms with Gasteiger partial charge in [0, 0.05) is 30.9 Å². The highest BCUT2D eigenvalue weighted by Crippen LogP contribution is 2.29. The van der Waals surface area contributed by atoms with Gasteiger partial charge in [-0.25, -0.2) is 14.8 Å². The lowest BCUT2D eigenvalue weighted by molar-refractivity contribution is -0.122. The SMILES string of the molecule is Cc1cc(N2CC(C(=O)Cc3nncs3)C2)nc2c1c(=O)c(C(=O)O)cn2-c1nccs1. The van der Waals surface area contributed by atoms with E-state index in [1.54, 1.807) is 34.6 Å². The minimum atomic E-state index is -1.30. The predicted octanol–water partition coefficient (Wildman–Crippen LogP) is 1.95. The maximum Gasteiger partial charge on any atom is 0.341 e. The van der Waals surface area contributed by atoms with Crippen molar-refractivity contribution < 1.29 is 14.7 Å². The van der Waals surface area contributed by atoms with Crippen LogP contribution < -0.4 is 10.3 Å². The van der Waals surface area contributed by atoms with Crippen molar-refractivity contribution in [3.63, 3.8) is 0 Å². The number of fused-ring (bicyclic) bond motifs is 1. The number of aromatic carboxylic acids is 1. The monoisotopic (exact) mass is 468 g/mol. The van der Waals surface area contributed by atoms with Crippen molar-refractivity contribution in [2.45, 2.75) is 13.3 Å². The van der Waals surface area contributed by atoms with Gasteiger partial charge in [-0.1, -0.05) is 0 Å². The predicted molar refractivity (Wildman–Crippen MR) is 119 cm³/mol. The Balaban J connectivity index is 1.50. The quantitative estimate of drug-likeness (QED) is 0.451. The fourth-order valence-electron chi connectivity index (χ4n) is 3.71. The molecule has 0 radical (unpaired) electrons. The number of ketones is 1. The molecule has 4 aromatic rings. The molecule has 1 N–H and O–H groups in total. The topological polar surface area (TPSA) is 131 Å². The molecule has 4 aromatic heterocycles. The molecule has 0 bridgehead atoms. The van der Waals surface area contributed by atoms with E-state index in [1.165, 1.54) is 28.9 Å². The largest absolute Gasteiger partial charge is 0.477 e. The van der Waals surface area contributed by atoms with E-state index in [1.807, 2.05) is 4.90 Å². The van der Waals surface area contributed by atoms with Gasteiger partial charge in [0.15, 0.2) is 10.8 Å². The van der Waals surface area contributed by atoms with Crippen LogP contribution in [0.3, 0.4) is 0 Å². The number of aromatic nitrogens is 5. The number of hydrogen-bond acceptors (Lipinski definition) is 10. The second-order valence-electron chi connectivity index (χ2n) is 7.44. The van der Waals surface area contributed by atoms with Gasteiger partial charge in [-0.05, 0) is 18.6 Å². The Morgan fingerprint density at radius 3 is 2.75 bits per heavy atom. The second-order valence-corrected chi connectivity index (χ2v) is 9.23. The summed E-state index contributed by atoms with van der Waals surface area (Å²) in [5.41, 5.74) is 1.65. The molecule has 162 valence electrons. The van der Waals surface area contributed by atoms with E-state index in [2.05, 4.69) is 20.2 Å². The smallest absolute Gasteiger partial charge is 0.341 e. The van der Waals surface area contributed by atoms with Crippen molar-refractivity contribution in [1.82, 2.24) is 24.7 Å². The number of rotatable bonds is 6. The molecule has 5 rings (SSSR count). The molecule has 0 amide bonds. The van der Waals surface area contributed by atoms with Crippen molar-refractivity contribution in [3.05, 3.63) is 55.7 Å². The number of carbonyl (C=O) groups excluding carboxylic acids is 1. The summed E-state index contributed by atoms with van der Waals surface area (Å²) in [6, 6.07) is 1.76. The van der Waals surface area contributed by atoms with Gasteiger partial charge >= 0.3 is 5.97 Å². The lowest BCUT2D eigenvalue weighted by Gasteiger charge is -2.39. The highest BCUT2D eigenvalue weighted by atomic mass is 32.1. The van der Waals surface area contributed by atoms with E-state index >= 15 is 0 Å². The van der Waals surface area contributed by atoms with Crippen LogP contribution in [-0.4, -0.2) is 54.7 Å². The van der Waals surface area contributed by atoms with Crippen LogP contribution in [0.25, 0.3) is 16.2 Å². The molecular formula is C20H16N6O4S2. The third kappa shape index (κ3) is 3.46. The first-order valence-corrected chi connectivity index (χ1v) is 11.4. The van der Waals surface area contributed by atoms with E-state index in [-0.39, 0.29) is 29.1 Å². The second kappa shape index (κ2) is 7.88. The molecule has 0 aliphatic carbocycles. The van der Waals surface area contributed by atoms with Gasteiger partial charge in [0.2, 0.25) is 5.43 Å². The Kier molecular flexibility index (Phi) is 5.02. The van der Waals surface area contributed by atoms with Crippen LogP contribution in [0, 0.1) is 12.8 Å². The van der Waals surface area contributed by atoms with E-state index < -0.39 is 11.4 Å². The van der Waals surface area contributed by atoms with Crippen LogP contribution in [0.2, 0.25) is 0 Å². The van der Waals surface area contributed by atoms with Crippen LogP contribution in [-0.2, 0) is 11.2 Å². The van der Waals surface area contributed by atoms with Crippen LogP contribution in [0.4, 0.5) is 5.82 Å². The fraction of sp³-hybridized carbons (Fsp3) is 0.250. The number of carboxylic acid groups (broad SMARTS) is 1. The van der Waals surface area contributed by atoms with Crippen molar-refractivity contribution in [3.8, 4) is 5.13 Å². The third-order valence-corrected chi connectivity index (χ3v) is 6.86. The first-order valence-electron chi connectivity index (χ1n) is 9.65. The number of aryl methyl sites for hydroxylation is 1. The zero-order valence-electron chi connectivity index (χ0n) is 16.8. The summed E-state index contributed by atoms with van der Waals surface area (Å²) in [5.74, 6) is -0.679. The van der Waals surface area contributed by atoms with Gasteiger partial charge in [0.05, 0.1) is 17.7 Å².